The van der Waals surface area contributed by atoms with Crippen molar-refractivity contribution >= 4 is 11.0 Å². The highest BCUT2D eigenvalue weighted by atomic mass is 16.4. The van der Waals surface area contributed by atoms with Gasteiger partial charge in [-0.15, -0.1) is 0 Å². The Morgan fingerprint density at radius 1 is 0.696 bits per heavy atom. The second-order valence-electron chi connectivity index (χ2n) is 4.80. The van der Waals surface area contributed by atoms with Crippen LogP contribution in [0.3, 0.4) is 0 Å². The minimum absolute atomic E-state index is 0.150. The Kier molecular flexibility index (Phi) is 2.96. The maximum absolute atomic E-state index is 12.5. The Morgan fingerprint density at radius 2 is 1.30 bits per heavy atom. The predicted octanol–water partition coefficient (Wildman–Crippen LogP) is 1.69. The molecule has 0 aliphatic heterocycles. The number of rotatable bonds is 1. The van der Waals surface area contributed by atoms with Crippen molar-refractivity contribution in [3.63, 3.8) is 0 Å². The zero-order valence-electron chi connectivity index (χ0n) is 11.3. The van der Waals surface area contributed by atoms with Crippen molar-refractivity contribution in [1.82, 2.24) is 0 Å². The molecule has 0 spiro atoms. The Bertz CT molecular complexity index is 1000. The largest absolute Gasteiger partial charge is 0.507 e. The first kappa shape index (κ1) is 14.4. The molecule has 8 nitrogen and oxygen atoms in total. The average molecular weight is 318 g/mol. The summed E-state index contributed by atoms with van der Waals surface area (Å²) in [5.41, 5.74) is -1.63. The molecule has 0 aliphatic rings. The Balaban J connectivity index is 2.40. The number of aromatic hydroxyl groups is 6. The topological polar surface area (TPSA) is 152 Å². The average Bonchev–Trinajstić information content (AvgIpc) is 2.48. The van der Waals surface area contributed by atoms with E-state index >= 15 is 0 Å². The van der Waals surface area contributed by atoms with Gasteiger partial charge in [-0.2, -0.15) is 0 Å². The summed E-state index contributed by atoms with van der Waals surface area (Å²) in [4.78, 5) is 12.5. The van der Waals surface area contributed by atoms with E-state index in [1.54, 1.807) is 0 Å². The highest BCUT2D eigenvalue weighted by Gasteiger charge is 2.20. The van der Waals surface area contributed by atoms with Crippen molar-refractivity contribution in [3.05, 3.63) is 34.7 Å². The first-order valence-corrected chi connectivity index (χ1v) is 6.26. The molecule has 2 aromatic carbocycles. The Labute approximate surface area is 127 Å². The monoisotopic (exact) mass is 318 g/mol. The third-order valence-corrected chi connectivity index (χ3v) is 3.36. The third-order valence-electron chi connectivity index (χ3n) is 3.36. The van der Waals surface area contributed by atoms with Crippen LogP contribution in [0.15, 0.2) is 33.7 Å². The first-order chi connectivity index (χ1) is 10.8. The third kappa shape index (κ3) is 2.04. The number of hydrogen-bond donors (Lipinski definition) is 6. The predicted molar refractivity (Wildman–Crippen MR) is 77.9 cm³/mol. The van der Waals surface area contributed by atoms with Crippen molar-refractivity contribution in [2.24, 2.45) is 0 Å². The van der Waals surface area contributed by atoms with Crippen LogP contribution in [0.4, 0.5) is 0 Å². The van der Waals surface area contributed by atoms with Crippen LogP contribution in [-0.4, -0.2) is 30.6 Å². The lowest BCUT2D eigenvalue weighted by molar-refractivity contribution is 0.393. The van der Waals surface area contributed by atoms with Gasteiger partial charge in [0, 0.05) is 17.7 Å². The van der Waals surface area contributed by atoms with Crippen molar-refractivity contribution in [1.29, 1.82) is 0 Å². The highest BCUT2D eigenvalue weighted by molar-refractivity contribution is 5.93. The number of phenols is 6. The van der Waals surface area contributed by atoms with E-state index in [4.69, 9.17) is 4.42 Å². The summed E-state index contributed by atoms with van der Waals surface area (Å²) in [6.07, 6.45) is 0.884. The minimum Gasteiger partial charge on any atom is -0.507 e. The quantitative estimate of drug-likeness (QED) is 0.293. The molecule has 3 aromatic rings. The molecule has 6 N–H and O–H groups in total. The smallest absolute Gasteiger partial charge is 0.204 e. The molecule has 0 fully saturated rings. The Morgan fingerprint density at radius 3 is 2.00 bits per heavy atom. The standard InChI is InChI=1S/C15H10O8/c16-7-2-9(18)8(17)1-5(7)6-4-23-15-12(13(6)21)10(19)3-11(20)14(15)22/h1-4,16-20,22H. The van der Waals surface area contributed by atoms with Gasteiger partial charge >= 0.3 is 0 Å². The van der Waals surface area contributed by atoms with Gasteiger partial charge in [0.15, 0.2) is 22.8 Å². The molecule has 8 heteroatoms. The molecule has 1 aromatic heterocycles. The van der Waals surface area contributed by atoms with Gasteiger partial charge in [0.2, 0.25) is 11.2 Å². The fraction of sp³-hybridized carbons (Fsp3) is 0. The van der Waals surface area contributed by atoms with E-state index in [9.17, 15) is 35.4 Å². The summed E-state index contributed by atoms with van der Waals surface area (Å²) in [5, 5.41) is 57.2. The normalized spacial score (nSPS) is 11.0. The maximum atomic E-state index is 12.5. The molecule has 0 amide bonds. The number of fused-ring (bicyclic) bond motifs is 1. The lowest BCUT2D eigenvalue weighted by Gasteiger charge is -2.09. The zero-order valence-corrected chi connectivity index (χ0v) is 11.3. The van der Waals surface area contributed by atoms with Gasteiger partial charge in [0.05, 0.1) is 5.56 Å². The second kappa shape index (κ2) is 4.73. The number of phenolic OH excluding ortho intramolecular Hbond substituents is 6. The van der Waals surface area contributed by atoms with Crippen LogP contribution in [-0.2, 0) is 0 Å². The maximum Gasteiger partial charge on any atom is 0.204 e. The van der Waals surface area contributed by atoms with Crippen LogP contribution < -0.4 is 5.43 Å². The van der Waals surface area contributed by atoms with E-state index < -0.39 is 50.9 Å². The van der Waals surface area contributed by atoms with Crippen LogP contribution in [0.25, 0.3) is 22.1 Å². The number of benzene rings is 2. The van der Waals surface area contributed by atoms with E-state index in [1.165, 1.54) is 0 Å². The van der Waals surface area contributed by atoms with Crippen LogP contribution in [0.5, 0.6) is 34.5 Å². The van der Waals surface area contributed by atoms with Crippen molar-refractivity contribution in [2.45, 2.75) is 0 Å². The van der Waals surface area contributed by atoms with Gasteiger partial charge in [0.25, 0.3) is 0 Å². The van der Waals surface area contributed by atoms with Gasteiger partial charge in [-0.25, -0.2) is 0 Å². The minimum atomic E-state index is -0.820. The van der Waals surface area contributed by atoms with Crippen LogP contribution in [0.1, 0.15) is 0 Å². The van der Waals surface area contributed by atoms with Gasteiger partial charge in [0.1, 0.15) is 23.1 Å². The molecule has 0 aliphatic carbocycles. The molecule has 0 bridgehead atoms. The van der Waals surface area contributed by atoms with Crippen molar-refractivity contribution in [2.75, 3.05) is 0 Å². The Hall–Kier alpha value is -3.55. The summed E-state index contributed by atoms with van der Waals surface area (Å²) in [5.74, 6) is -3.69. The van der Waals surface area contributed by atoms with E-state index in [-0.39, 0.29) is 11.1 Å². The molecule has 1 heterocycles. The van der Waals surface area contributed by atoms with Gasteiger partial charge in [-0.1, -0.05) is 0 Å². The number of hydrogen-bond acceptors (Lipinski definition) is 8. The summed E-state index contributed by atoms with van der Waals surface area (Å²) in [6, 6.07) is 2.55. The fourth-order valence-electron chi connectivity index (χ4n) is 2.23. The molecule has 0 unspecified atom stereocenters. The van der Waals surface area contributed by atoms with Crippen LogP contribution in [0, 0.1) is 0 Å². The summed E-state index contributed by atoms with van der Waals surface area (Å²) >= 11 is 0. The van der Waals surface area contributed by atoms with Crippen molar-refractivity contribution < 1.29 is 35.1 Å². The summed E-state index contributed by atoms with van der Waals surface area (Å²) in [7, 11) is 0. The van der Waals surface area contributed by atoms with E-state index in [0.717, 1.165) is 24.5 Å². The molecule has 118 valence electrons. The lowest BCUT2D eigenvalue weighted by Crippen LogP contribution is -2.05. The van der Waals surface area contributed by atoms with Gasteiger partial charge in [-0.3, -0.25) is 4.79 Å². The van der Waals surface area contributed by atoms with E-state index in [0.29, 0.717) is 0 Å². The van der Waals surface area contributed by atoms with Gasteiger partial charge in [-0.05, 0) is 6.07 Å². The van der Waals surface area contributed by atoms with Crippen molar-refractivity contribution in [3.8, 4) is 45.6 Å². The fourth-order valence-corrected chi connectivity index (χ4v) is 2.23. The highest BCUT2D eigenvalue weighted by Crippen LogP contribution is 2.41. The second-order valence-corrected chi connectivity index (χ2v) is 4.80. The lowest BCUT2D eigenvalue weighted by atomic mass is 10.0. The molecule has 0 saturated heterocycles. The molecule has 3 rings (SSSR count). The molecular weight excluding hydrogens is 308 g/mol. The summed E-state index contributed by atoms with van der Waals surface area (Å²) < 4.78 is 5.07. The molecule has 0 atom stereocenters. The zero-order chi connectivity index (χ0) is 16.9. The van der Waals surface area contributed by atoms with E-state index in [1.807, 2.05) is 0 Å². The SMILES string of the molecule is O=c1c(-c2cc(O)c(O)cc2O)coc2c(O)c(O)cc(O)c12. The van der Waals surface area contributed by atoms with Crippen LogP contribution >= 0.6 is 0 Å². The molecule has 23 heavy (non-hydrogen) atoms. The van der Waals surface area contributed by atoms with Crippen LogP contribution in [0.2, 0.25) is 0 Å². The summed E-state index contributed by atoms with van der Waals surface area (Å²) in [6.45, 7) is 0. The molecular formula is C15H10O8. The molecule has 0 saturated carbocycles. The van der Waals surface area contributed by atoms with Gasteiger partial charge < -0.3 is 35.1 Å². The molecule has 0 radical (unpaired) electrons. The van der Waals surface area contributed by atoms with E-state index in [2.05, 4.69) is 0 Å². The first-order valence-electron chi connectivity index (χ1n) is 6.26.